The molecule has 3 rings (SSSR count). The number of aryl methyl sites for hydroxylation is 1. The first-order valence-electron chi connectivity index (χ1n) is 8.18. The summed E-state index contributed by atoms with van der Waals surface area (Å²) in [5, 5.41) is 11.1. The second-order valence-corrected chi connectivity index (χ2v) is 8.47. The number of fused-ring (bicyclic) bond motifs is 1. The number of piperidine rings is 1. The van der Waals surface area contributed by atoms with Crippen LogP contribution in [0.5, 0.6) is 0 Å². The van der Waals surface area contributed by atoms with Crippen molar-refractivity contribution >= 4 is 15.7 Å². The molecular formula is C16H22N2O4S. The average molecular weight is 338 g/mol. The van der Waals surface area contributed by atoms with E-state index in [-0.39, 0.29) is 16.6 Å². The van der Waals surface area contributed by atoms with E-state index >= 15 is 0 Å². The summed E-state index contributed by atoms with van der Waals surface area (Å²) < 4.78 is 27.7. The zero-order valence-electron chi connectivity index (χ0n) is 13.3. The third kappa shape index (κ3) is 2.99. The minimum Gasteiger partial charge on any atom is -0.258 e. The topological polar surface area (TPSA) is 80.5 Å². The fourth-order valence-corrected chi connectivity index (χ4v) is 5.73. The molecule has 1 saturated carbocycles. The monoisotopic (exact) mass is 338 g/mol. The third-order valence-corrected chi connectivity index (χ3v) is 7.10. The lowest BCUT2D eigenvalue weighted by Crippen LogP contribution is -2.49. The fourth-order valence-electron chi connectivity index (χ4n) is 3.96. The van der Waals surface area contributed by atoms with Gasteiger partial charge in [0.05, 0.1) is 9.82 Å². The molecule has 1 aromatic rings. The number of nitro groups is 1. The molecule has 1 heterocycles. The van der Waals surface area contributed by atoms with Crippen LogP contribution in [-0.4, -0.2) is 30.2 Å². The van der Waals surface area contributed by atoms with Crippen LogP contribution in [-0.2, 0) is 10.0 Å². The minimum atomic E-state index is -3.68. The van der Waals surface area contributed by atoms with Crippen LogP contribution in [0.3, 0.4) is 0 Å². The zero-order valence-corrected chi connectivity index (χ0v) is 14.1. The van der Waals surface area contributed by atoms with Gasteiger partial charge in [-0.05, 0) is 44.6 Å². The number of sulfonamides is 1. The molecule has 0 N–H and O–H groups in total. The van der Waals surface area contributed by atoms with E-state index in [2.05, 4.69) is 0 Å². The molecule has 0 unspecified atom stereocenters. The largest absolute Gasteiger partial charge is 0.273 e. The predicted molar refractivity (Wildman–Crippen MR) is 86.7 cm³/mol. The molecule has 0 spiro atoms. The van der Waals surface area contributed by atoms with Crippen LogP contribution < -0.4 is 0 Å². The first kappa shape index (κ1) is 16.4. The Morgan fingerprint density at radius 3 is 2.61 bits per heavy atom. The third-order valence-electron chi connectivity index (χ3n) is 5.18. The summed E-state index contributed by atoms with van der Waals surface area (Å²) in [7, 11) is -3.68. The van der Waals surface area contributed by atoms with Crippen LogP contribution in [0.25, 0.3) is 0 Å². The van der Waals surface area contributed by atoms with Gasteiger partial charge in [-0.2, -0.15) is 4.31 Å². The molecule has 2 aliphatic rings. The van der Waals surface area contributed by atoms with Gasteiger partial charge in [-0.15, -0.1) is 0 Å². The van der Waals surface area contributed by atoms with Gasteiger partial charge in [0.1, 0.15) is 0 Å². The second-order valence-electron chi connectivity index (χ2n) is 6.58. The lowest BCUT2D eigenvalue weighted by Gasteiger charge is -2.43. The first-order valence-corrected chi connectivity index (χ1v) is 9.62. The van der Waals surface area contributed by atoms with E-state index in [1.54, 1.807) is 11.2 Å². The van der Waals surface area contributed by atoms with Crippen LogP contribution in [0.4, 0.5) is 5.69 Å². The summed E-state index contributed by atoms with van der Waals surface area (Å²) in [6.45, 7) is 2.14. The SMILES string of the molecule is Cc1ccc(S(=O)(=O)N2CCC[C@H]3CCCC[C@@H]32)cc1[N+](=O)[O-]. The number of hydrogen-bond acceptors (Lipinski definition) is 4. The number of nitrogens with zero attached hydrogens (tertiary/aromatic N) is 2. The summed E-state index contributed by atoms with van der Waals surface area (Å²) in [5.74, 6) is 0.438. The highest BCUT2D eigenvalue weighted by Crippen LogP contribution is 2.38. The van der Waals surface area contributed by atoms with Crippen molar-refractivity contribution in [1.29, 1.82) is 0 Å². The van der Waals surface area contributed by atoms with Crippen molar-refractivity contribution in [1.82, 2.24) is 4.31 Å². The van der Waals surface area contributed by atoms with Gasteiger partial charge in [0, 0.05) is 24.2 Å². The van der Waals surface area contributed by atoms with Crippen molar-refractivity contribution in [2.24, 2.45) is 5.92 Å². The highest BCUT2D eigenvalue weighted by Gasteiger charge is 2.40. The molecule has 2 atom stereocenters. The molecule has 0 bridgehead atoms. The maximum atomic E-state index is 13.0. The van der Waals surface area contributed by atoms with E-state index in [0.29, 0.717) is 18.0 Å². The Morgan fingerprint density at radius 2 is 1.87 bits per heavy atom. The summed E-state index contributed by atoms with van der Waals surface area (Å²) in [6.07, 6.45) is 6.17. The highest BCUT2D eigenvalue weighted by atomic mass is 32.2. The first-order chi connectivity index (χ1) is 10.9. The second kappa shape index (κ2) is 6.20. The molecule has 23 heavy (non-hydrogen) atoms. The fraction of sp³-hybridized carbons (Fsp3) is 0.625. The number of nitro benzene ring substituents is 1. The van der Waals surface area contributed by atoms with E-state index in [4.69, 9.17) is 0 Å². The average Bonchev–Trinajstić information content (AvgIpc) is 2.54. The maximum Gasteiger partial charge on any atom is 0.273 e. The normalized spacial score (nSPS) is 25.8. The standard InChI is InChI=1S/C16H22N2O4S/c1-12-8-9-14(11-16(12)18(19)20)23(21,22)17-10-4-6-13-5-2-3-7-15(13)17/h8-9,11,13,15H,2-7,10H2,1H3/t13-,15+/m1/s1. The maximum absolute atomic E-state index is 13.0. The van der Waals surface area contributed by atoms with Crippen LogP contribution in [0.1, 0.15) is 44.1 Å². The Bertz CT molecular complexity index is 715. The van der Waals surface area contributed by atoms with Crippen LogP contribution in [0.2, 0.25) is 0 Å². The Hall–Kier alpha value is -1.47. The van der Waals surface area contributed by atoms with Gasteiger partial charge >= 0.3 is 0 Å². The molecule has 2 fully saturated rings. The van der Waals surface area contributed by atoms with E-state index in [9.17, 15) is 18.5 Å². The van der Waals surface area contributed by atoms with E-state index in [1.165, 1.54) is 24.6 Å². The number of hydrogen-bond donors (Lipinski definition) is 0. The summed E-state index contributed by atoms with van der Waals surface area (Å²) in [4.78, 5) is 10.6. The van der Waals surface area contributed by atoms with Crippen molar-refractivity contribution in [3.8, 4) is 0 Å². The van der Waals surface area contributed by atoms with Crippen molar-refractivity contribution in [3.05, 3.63) is 33.9 Å². The van der Waals surface area contributed by atoms with Gasteiger partial charge in [-0.25, -0.2) is 8.42 Å². The predicted octanol–water partition coefficient (Wildman–Crippen LogP) is 3.25. The van der Waals surface area contributed by atoms with Crippen molar-refractivity contribution < 1.29 is 13.3 Å². The van der Waals surface area contributed by atoms with Gasteiger partial charge in [0.2, 0.25) is 10.0 Å². The lowest BCUT2D eigenvalue weighted by molar-refractivity contribution is -0.385. The molecule has 0 radical (unpaired) electrons. The van der Waals surface area contributed by atoms with Crippen LogP contribution >= 0.6 is 0 Å². The molecule has 126 valence electrons. The smallest absolute Gasteiger partial charge is 0.258 e. The van der Waals surface area contributed by atoms with Crippen molar-refractivity contribution in [2.75, 3.05) is 6.54 Å². The highest BCUT2D eigenvalue weighted by molar-refractivity contribution is 7.89. The van der Waals surface area contributed by atoms with E-state index < -0.39 is 14.9 Å². The lowest BCUT2D eigenvalue weighted by atomic mass is 9.79. The van der Waals surface area contributed by atoms with Crippen molar-refractivity contribution in [3.63, 3.8) is 0 Å². The molecule has 1 aliphatic heterocycles. The Morgan fingerprint density at radius 1 is 1.17 bits per heavy atom. The van der Waals surface area contributed by atoms with Gasteiger partial charge in [0.25, 0.3) is 5.69 Å². The van der Waals surface area contributed by atoms with Crippen molar-refractivity contribution in [2.45, 2.75) is 56.4 Å². The van der Waals surface area contributed by atoms with Crippen LogP contribution in [0.15, 0.2) is 23.1 Å². The quantitative estimate of drug-likeness (QED) is 0.626. The Balaban J connectivity index is 1.97. The molecule has 0 amide bonds. The molecule has 1 aromatic carbocycles. The number of benzene rings is 1. The van der Waals surface area contributed by atoms with Gasteiger partial charge < -0.3 is 0 Å². The molecule has 1 aliphatic carbocycles. The van der Waals surface area contributed by atoms with Gasteiger partial charge in [0.15, 0.2) is 0 Å². The molecular weight excluding hydrogens is 316 g/mol. The summed E-state index contributed by atoms with van der Waals surface area (Å²) >= 11 is 0. The number of rotatable bonds is 3. The van der Waals surface area contributed by atoms with E-state index in [0.717, 1.165) is 32.1 Å². The molecule has 0 aromatic heterocycles. The van der Waals surface area contributed by atoms with Gasteiger partial charge in [-0.3, -0.25) is 10.1 Å². The minimum absolute atomic E-state index is 0.0426. The Labute approximate surface area is 136 Å². The van der Waals surface area contributed by atoms with Gasteiger partial charge in [-0.1, -0.05) is 18.9 Å². The zero-order chi connectivity index (χ0) is 16.6. The molecule has 7 heteroatoms. The van der Waals surface area contributed by atoms with E-state index in [1.807, 2.05) is 0 Å². The summed E-state index contributed by atoms with van der Waals surface area (Å²) in [6, 6.07) is 4.27. The Kier molecular flexibility index (Phi) is 4.42. The van der Waals surface area contributed by atoms with Crippen LogP contribution in [0, 0.1) is 23.0 Å². The summed E-state index contributed by atoms with van der Waals surface area (Å²) in [5.41, 5.74) is 0.339. The molecule has 1 saturated heterocycles. The molecule has 6 nitrogen and oxygen atoms in total.